The molecule has 3 rings (SSSR count). The van der Waals surface area contributed by atoms with Gasteiger partial charge in [0.2, 0.25) is 5.95 Å². The smallest absolute Gasteiger partial charge is 0.247 e. The van der Waals surface area contributed by atoms with Crippen LogP contribution in [0.5, 0.6) is 0 Å². The number of hydrogen-bond acceptors (Lipinski definition) is 8. The summed E-state index contributed by atoms with van der Waals surface area (Å²) in [6.07, 6.45) is 0. The number of nitrogens with zero attached hydrogens (tertiary/aromatic N) is 5. The molecule has 27 heavy (non-hydrogen) atoms. The van der Waals surface area contributed by atoms with Crippen molar-refractivity contribution in [3.8, 4) is 11.3 Å². The maximum Gasteiger partial charge on any atom is 0.247 e. The second kappa shape index (κ2) is 9.48. The molecule has 1 fully saturated rings. The first-order valence-corrected chi connectivity index (χ1v) is 9.46. The summed E-state index contributed by atoms with van der Waals surface area (Å²) in [4.78, 5) is 8.76. The third-order valence-corrected chi connectivity index (χ3v) is 5.17. The van der Waals surface area contributed by atoms with Crippen molar-refractivity contribution in [2.75, 3.05) is 63.2 Å². The predicted octanol–water partition coefficient (Wildman–Crippen LogP) is 1.56. The number of hydrogen-bond donors (Lipinski definition) is 2. The van der Waals surface area contributed by atoms with E-state index in [1.165, 1.54) is 0 Å². The number of aliphatic hydroxyl groups excluding tert-OH is 1. The number of aromatic nitrogens is 3. The molecule has 146 valence electrons. The Morgan fingerprint density at radius 1 is 1.11 bits per heavy atom. The summed E-state index contributed by atoms with van der Waals surface area (Å²) in [5.41, 5.74) is 7.15. The lowest BCUT2D eigenvalue weighted by Crippen LogP contribution is -2.48. The zero-order valence-electron chi connectivity index (χ0n) is 14.8. The van der Waals surface area contributed by atoms with Crippen molar-refractivity contribution < 1.29 is 9.84 Å². The zero-order chi connectivity index (χ0) is 19.2. The third kappa shape index (κ3) is 4.97. The average molecular weight is 413 g/mol. The standard InChI is InChI=1S/C17H22Cl2N6O2/c18-13-3-1-2-12(14(13)19)15-16(20)21-17(23-22-15)25-6-4-24(5-7-25)8-10-27-11-9-26/h1-3,26H,4-11H2,(H2,20,21,23). The highest BCUT2D eigenvalue weighted by atomic mass is 35.5. The molecule has 2 heterocycles. The molecule has 8 nitrogen and oxygen atoms in total. The number of piperazine rings is 1. The highest BCUT2D eigenvalue weighted by Gasteiger charge is 2.21. The van der Waals surface area contributed by atoms with Crippen LogP contribution in [0.4, 0.5) is 11.8 Å². The van der Waals surface area contributed by atoms with Crippen molar-refractivity contribution in [3.63, 3.8) is 0 Å². The molecular formula is C17H22Cl2N6O2. The first-order chi connectivity index (χ1) is 13.1. The van der Waals surface area contributed by atoms with E-state index in [1.54, 1.807) is 18.2 Å². The molecule has 1 aromatic heterocycles. The van der Waals surface area contributed by atoms with Gasteiger partial charge in [0.1, 0.15) is 5.69 Å². The molecule has 3 N–H and O–H groups in total. The number of nitrogen functional groups attached to an aromatic ring is 1. The van der Waals surface area contributed by atoms with Crippen molar-refractivity contribution in [1.82, 2.24) is 20.1 Å². The molecule has 2 aromatic rings. The van der Waals surface area contributed by atoms with Crippen LogP contribution in [-0.4, -0.2) is 77.7 Å². The Kier molecular flexibility index (Phi) is 7.03. The van der Waals surface area contributed by atoms with Crippen LogP contribution in [0.3, 0.4) is 0 Å². The molecule has 10 heteroatoms. The lowest BCUT2D eigenvalue weighted by Gasteiger charge is -2.34. The third-order valence-electron chi connectivity index (χ3n) is 4.35. The van der Waals surface area contributed by atoms with Crippen LogP contribution in [0.2, 0.25) is 10.0 Å². The molecular weight excluding hydrogens is 391 g/mol. The van der Waals surface area contributed by atoms with E-state index in [9.17, 15) is 0 Å². The SMILES string of the molecule is Nc1nc(N2CCN(CCOCCO)CC2)nnc1-c1cccc(Cl)c1Cl. The van der Waals surface area contributed by atoms with Crippen LogP contribution in [0.1, 0.15) is 0 Å². The molecule has 0 amide bonds. The Hall–Kier alpha value is -1.71. The summed E-state index contributed by atoms with van der Waals surface area (Å²) in [6, 6.07) is 5.27. The minimum absolute atomic E-state index is 0.0515. The van der Waals surface area contributed by atoms with E-state index in [2.05, 4.69) is 25.0 Å². The molecule has 1 aromatic carbocycles. The van der Waals surface area contributed by atoms with E-state index in [-0.39, 0.29) is 12.4 Å². The van der Waals surface area contributed by atoms with Gasteiger partial charge in [-0.05, 0) is 6.07 Å². The molecule has 0 bridgehead atoms. The largest absolute Gasteiger partial charge is 0.394 e. The first kappa shape index (κ1) is 20.0. The van der Waals surface area contributed by atoms with Gasteiger partial charge >= 0.3 is 0 Å². The minimum atomic E-state index is 0.0515. The topological polar surface area (TPSA) is 101 Å². The van der Waals surface area contributed by atoms with Gasteiger partial charge in [-0.25, -0.2) is 0 Å². The van der Waals surface area contributed by atoms with Crippen LogP contribution in [-0.2, 0) is 4.74 Å². The van der Waals surface area contributed by atoms with Gasteiger partial charge < -0.3 is 20.5 Å². The monoisotopic (exact) mass is 412 g/mol. The molecule has 0 spiro atoms. The van der Waals surface area contributed by atoms with E-state index < -0.39 is 0 Å². The summed E-state index contributed by atoms with van der Waals surface area (Å²) in [5.74, 6) is 0.773. The van der Waals surface area contributed by atoms with Crippen LogP contribution >= 0.6 is 23.2 Å². The highest BCUT2D eigenvalue weighted by Crippen LogP contribution is 2.34. The Balaban J connectivity index is 1.62. The van der Waals surface area contributed by atoms with Crippen molar-refractivity contribution in [1.29, 1.82) is 0 Å². The molecule has 0 unspecified atom stereocenters. The number of halogens is 2. The van der Waals surface area contributed by atoms with E-state index >= 15 is 0 Å². The fourth-order valence-electron chi connectivity index (χ4n) is 2.87. The van der Waals surface area contributed by atoms with Crippen LogP contribution in [0.15, 0.2) is 18.2 Å². The Labute approximate surface area is 167 Å². The summed E-state index contributed by atoms with van der Waals surface area (Å²) in [6.45, 7) is 5.16. The van der Waals surface area contributed by atoms with Gasteiger partial charge in [-0.1, -0.05) is 35.3 Å². The number of aliphatic hydroxyl groups is 1. The van der Waals surface area contributed by atoms with E-state index in [4.69, 9.17) is 38.8 Å². The zero-order valence-corrected chi connectivity index (χ0v) is 16.3. The Bertz CT molecular complexity index is 771. The van der Waals surface area contributed by atoms with Gasteiger partial charge in [0.05, 0.1) is 29.9 Å². The summed E-state index contributed by atoms with van der Waals surface area (Å²) < 4.78 is 5.31. The molecule has 0 aliphatic carbocycles. The van der Waals surface area contributed by atoms with Gasteiger partial charge in [0.15, 0.2) is 5.82 Å². The highest BCUT2D eigenvalue weighted by molar-refractivity contribution is 6.43. The Morgan fingerprint density at radius 2 is 1.89 bits per heavy atom. The van der Waals surface area contributed by atoms with Gasteiger partial charge in [-0.15, -0.1) is 10.2 Å². The van der Waals surface area contributed by atoms with Crippen molar-refractivity contribution in [2.45, 2.75) is 0 Å². The van der Waals surface area contributed by atoms with Gasteiger partial charge in [0, 0.05) is 38.3 Å². The van der Waals surface area contributed by atoms with Crippen molar-refractivity contribution in [3.05, 3.63) is 28.2 Å². The molecule has 0 radical (unpaired) electrons. The van der Waals surface area contributed by atoms with E-state index in [0.29, 0.717) is 40.5 Å². The van der Waals surface area contributed by atoms with Gasteiger partial charge in [-0.3, -0.25) is 4.90 Å². The van der Waals surface area contributed by atoms with Gasteiger partial charge in [-0.2, -0.15) is 4.98 Å². The lowest BCUT2D eigenvalue weighted by molar-refractivity contribution is 0.0724. The number of nitrogens with two attached hydrogens (primary N) is 1. The van der Waals surface area contributed by atoms with E-state index in [0.717, 1.165) is 32.7 Å². The molecule has 1 aliphatic rings. The minimum Gasteiger partial charge on any atom is -0.394 e. The van der Waals surface area contributed by atoms with Crippen molar-refractivity contribution >= 4 is 35.0 Å². The number of rotatable bonds is 7. The maximum absolute atomic E-state index is 8.72. The quantitative estimate of drug-likeness (QED) is 0.660. The normalized spacial score (nSPS) is 15.3. The number of benzene rings is 1. The average Bonchev–Trinajstić information content (AvgIpc) is 2.68. The second-order valence-electron chi connectivity index (χ2n) is 6.11. The molecule has 1 aliphatic heterocycles. The molecule has 0 saturated carbocycles. The second-order valence-corrected chi connectivity index (χ2v) is 6.90. The van der Waals surface area contributed by atoms with Crippen LogP contribution in [0, 0.1) is 0 Å². The first-order valence-electron chi connectivity index (χ1n) is 8.70. The van der Waals surface area contributed by atoms with Gasteiger partial charge in [0.25, 0.3) is 0 Å². The summed E-state index contributed by atoms with van der Waals surface area (Å²) in [5, 5.41) is 18.0. The van der Waals surface area contributed by atoms with Crippen molar-refractivity contribution in [2.24, 2.45) is 0 Å². The summed E-state index contributed by atoms with van der Waals surface area (Å²) >= 11 is 12.3. The predicted molar refractivity (Wildman–Crippen MR) is 106 cm³/mol. The van der Waals surface area contributed by atoms with E-state index in [1.807, 2.05) is 0 Å². The molecule has 0 atom stereocenters. The summed E-state index contributed by atoms with van der Waals surface area (Å²) in [7, 11) is 0. The lowest BCUT2D eigenvalue weighted by atomic mass is 10.1. The number of ether oxygens (including phenoxy) is 1. The van der Waals surface area contributed by atoms with Crippen LogP contribution < -0.4 is 10.6 Å². The van der Waals surface area contributed by atoms with Crippen LogP contribution in [0.25, 0.3) is 11.3 Å². The maximum atomic E-state index is 8.72. The number of anilines is 2. The molecule has 1 saturated heterocycles. The fourth-order valence-corrected chi connectivity index (χ4v) is 3.26. The fraction of sp³-hybridized carbons (Fsp3) is 0.471. The Morgan fingerprint density at radius 3 is 2.59 bits per heavy atom.